The van der Waals surface area contributed by atoms with E-state index in [-0.39, 0.29) is 30.9 Å². The van der Waals surface area contributed by atoms with E-state index in [2.05, 4.69) is 6.58 Å². The number of allylic oxidation sites excluding steroid dienone is 1. The molecule has 3 atom stereocenters. The van der Waals surface area contributed by atoms with Gasteiger partial charge in [0.1, 0.15) is 25.1 Å². The van der Waals surface area contributed by atoms with Gasteiger partial charge in [0.25, 0.3) is 0 Å². The van der Waals surface area contributed by atoms with Crippen molar-refractivity contribution < 1.29 is 33.4 Å². The predicted octanol–water partition coefficient (Wildman–Crippen LogP) is 2.84. The van der Waals surface area contributed by atoms with Gasteiger partial charge in [-0.3, -0.25) is 14.4 Å². The molecule has 1 heterocycles. The van der Waals surface area contributed by atoms with Crippen molar-refractivity contribution in [3.8, 4) is 0 Å². The van der Waals surface area contributed by atoms with E-state index in [1.165, 1.54) is 6.92 Å². The van der Waals surface area contributed by atoms with Crippen LogP contribution in [-0.2, 0) is 33.4 Å². The normalized spacial score (nSPS) is 28.3. The van der Waals surface area contributed by atoms with Crippen LogP contribution < -0.4 is 0 Å². The molecule has 0 aromatic heterocycles. The Labute approximate surface area is 170 Å². The van der Waals surface area contributed by atoms with Gasteiger partial charge >= 0.3 is 17.9 Å². The van der Waals surface area contributed by atoms with Crippen LogP contribution in [0.3, 0.4) is 0 Å². The first-order chi connectivity index (χ1) is 13.7. The molecule has 7 nitrogen and oxygen atoms in total. The van der Waals surface area contributed by atoms with Crippen molar-refractivity contribution in [3.05, 3.63) is 35.5 Å². The van der Waals surface area contributed by atoms with Gasteiger partial charge in [0.2, 0.25) is 0 Å². The third kappa shape index (κ3) is 6.41. The van der Waals surface area contributed by atoms with Gasteiger partial charge in [-0.2, -0.15) is 0 Å². The maximum Gasteiger partial charge on any atom is 0.334 e. The molecule has 1 fully saturated rings. The fourth-order valence-electron chi connectivity index (χ4n) is 3.46. The summed E-state index contributed by atoms with van der Waals surface area (Å²) in [7, 11) is 0. The Morgan fingerprint density at radius 3 is 2.72 bits per heavy atom. The molecule has 0 bridgehead atoms. The van der Waals surface area contributed by atoms with Gasteiger partial charge in [0.15, 0.2) is 0 Å². The molecule has 1 aliphatic carbocycles. The third-order valence-electron chi connectivity index (χ3n) is 4.84. The van der Waals surface area contributed by atoms with Gasteiger partial charge in [-0.05, 0) is 36.0 Å². The first-order valence-electron chi connectivity index (χ1n) is 9.77. The summed E-state index contributed by atoms with van der Waals surface area (Å²) in [6.07, 6.45) is 4.27. The molecule has 1 saturated heterocycles. The van der Waals surface area contributed by atoms with Crippen LogP contribution in [0.25, 0.3) is 0 Å². The Balaban J connectivity index is 2.38. The van der Waals surface area contributed by atoms with E-state index in [4.69, 9.17) is 14.2 Å². The Bertz CT molecular complexity index is 744. The molecule has 0 aromatic rings. The van der Waals surface area contributed by atoms with Gasteiger partial charge in [0, 0.05) is 25.3 Å². The molecule has 0 N–H and O–H groups in total. The highest BCUT2D eigenvalue weighted by molar-refractivity contribution is 5.91. The Kier molecular flexibility index (Phi) is 7.93. The van der Waals surface area contributed by atoms with Crippen LogP contribution in [0.1, 0.15) is 46.5 Å². The van der Waals surface area contributed by atoms with Crippen LogP contribution in [0.4, 0.5) is 0 Å². The van der Waals surface area contributed by atoms with Crippen LogP contribution >= 0.6 is 0 Å². The first kappa shape index (κ1) is 22.6. The van der Waals surface area contributed by atoms with Crippen LogP contribution in [0.15, 0.2) is 35.5 Å². The summed E-state index contributed by atoms with van der Waals surface area (Å²) in [6, 6.07) is 0. The number of hydrogen-bond acceptors (Lipinski definition) is 7. The largest absolute Gasteiger partial charge is 0.461 e. The smallest absolute Gasteiger partial charge is 0.334 e. The van der Waals surface area contributed by atoms with Crippen LogP contribution in [0.5, 0.6) is 0 Å². The predicted molar refractivity (Wildman–Crippen MR) is 105 cm³/mol. The number of carbonyl (C=O) groups is 4. The number of aldehydes is 1. The zero-order chi connectivity index (χ0) is 21.6. The lowest BCUT2D eigenvalue weighted by atomic mass is 9.85. The Morgan fingerprint density at radius 2 is 2.10 bits per heavy atom. The monoisotopic (exact) mass is 404 g/mol. The molecular formula is C22H28O7. The van der Waals surface area contributed by atoms with Gasteiger partial charge in [0.05, 0.1) is 5.92 Å². The molecule has 0 unspecified atom stereocenters. The summed E-state index contributed by atoms with van der Waals surface area (Å²) < 4.78 is 16.2. The van der Waals surface area contributed by atoms with Crippen molar-refractivity contribution in [2.75, 3.05) is 6.61 Å². The topological polar surface area (TPSA) is 96.0 Å². The lowest BCUT2D eigenvalue weighted by Gasteiger charge is -2.27. The molecule has 158 valence electrons. The van der Waals surface area contributed by atoms with E-state index < -0.39 is 36.0 Å². The molecule has 2 rings (SSSR count). The molecule has 29 heavy (non-hydrogen) atoms. The van der Waals surface area contributed by atoms with Gasteiger partial charge < -0.3 is 14.2 Å². The average molecular weight is 404 g/mol. The standard InChI is InChI=1S/C22H28O7/c1-13(2)8-20(25)28-18-9-16(11-23)6-5-7-17(12-27-15(4)24)10-19-21(18)14(3)22(26)29-19/h6,10-11,13,18-19,21H,3,5,7-9,12H2,1-2,4H3/b16-6+,17-10-/t18-,19-,21+/m0/s1. The Morgan fingerprint density at radius 1 is 1.38 bits per heavy atom. The number of esters is 3. The quantitative estimate of drug-likeness (QED) is 0.221. The lowest BCUT2D eigenvalue weighted by Crippen LogP contribution is -2.34. The van der Waals surface area contributed by atoms with Crippen molar-refractivity contribution in [2.45, 2.75) is 58.7 Å². The molecule has 0 aromatic carbocycles. The van der Waals surface area contributed by atoms with Crippen molar-refractivity contribution in [3.63, 3.8) is 0 Å². The highest BCUT2D eigenvalue weighted by atomic mass is 16.6. The van der Waals surface area contributed by atoms with Crippen LogP contribution in [0, 0.1) is 11.8 Å². The van der Waals surface area contributed by atoms with Gasteiger partial charge in [-0.15, -0.1) is 0 Å². The zero-order valence-electron chi connectivity index (χ0n) is 17.1. The van der Waals surface area contributed by atoms with Gasteiger partial charge in [-0.1, -0.05) is 26.5 Å². The highest BCUT2D eigenvalue weighted by Crippen LogP contribution is 2.36. The summed E-state index contributed by atoms with van der Waals surface area (Å²) in [5, 5.41) is 0. The van der Waals surface area contributed by atoms with E-state index in [1.807, 2.05) is 13.8 Å². The fourth-order valence-corrected chi connectivity index (χ4v) is 3.46. The SMILES string of the molecule is C=C1C(=O)O[C@H]2/C=C(\COC(C)=O)CC/C=C(/C=O)C[C@H](OC(=O)CC(C)C)[C@@H]12. The maximum atomic E-state index is 12.3. The van der Waals surface area contributed by atoms with E-state index in [9.17, 15) is 19.2 Å². The maximum absolute atomic E-state index is 12.3. The average Bonchev–Trinajstić information content (AvgIpc) is 2.90. The van der Waals surface area contributed by atoms with E-state index in [1.54, 1.807) is 12.2 Å². The summed E-state index contributed by atoms with van der Waals surface area (Å²) >= 11 is 0. The zero-order valence-corrected chi connectivity index (χ0v) is 17.1. The summed E-state index contributed by atoms with van der Waals surface area (Å²) in [5.74, 6) is -1.89. The van der Waals surface area contributed by atoms with Crippen molar-refractivity contribution in [2.24, 2.45) is 11.8 Å². The summed E-state index contributed by atoms with van der Waals surface area (Å²) in [5.41, 5.74) is 1.44. The van der Waals surface area contributed by atoms with Gasteiger partial charge in [-0.25, -0.2) is 4.79 Å². The van der Waals surface area contributed by atoms with Crippen LogP contribution in [0.2, 0.25) is 0 Å². The molecule has 0 spiro atoms. The second-order valence-electron chi connectivity index (χ2n) is 7.79. The molecule has 0 saturated carbocycles. The molecule has 0 radical (unpaired) electrons. The number of rotatable bonds is 6. The number of ether oxygens (including phenoxy) is 3. The Hall–Kier alpha value is -2.70. The minimum atomic E-state index is -0.758. The van der Waals surface area contributed by atoms with Crippen molar-refractivity contribution in [1.82, 2.24) is 0 Å². The number of hydrogen-bond donors (Lipinski definition) is 0. The highest BCUT2D eigenvalue weighted by Gasteiger charge is 2.44. The summed E-state index contributed by atoms with van der Waals surface area (Å²) in [6.45, 7) is 9.01. The lowest BCUT2D eigenvalue weighted by molar-refractivity contribution is -0.153. The van der Waals surface area contributed by atoms with E-state index in [0.717, 1.165) is 11.9 Å². The third-order valence-corrected chi connectivity index (χ3v) is 4.84. The minimum absolute atomic E-state index is 0.0602. The molecule has 2 aliphatic rings. The van der Waals surface area contributed by atoms with E-state index >= 15 is 0 Å². The van der Waals surface area contributed by atoms with E-state index in [0.29, 0.717) is 18.4 Å². The molecular weight excluding hydrogens is 376 g/mol. The molecule has 1 aliphatic heterocycles. The number of carbonyl (C=O) groups excluding carboxylic acids is 4. The second kappa shape index (κ2) is 10.2. The minimum Gasteiger partial charge on any atom is -0.461 e. The molecule has 7 heteroatoms. The molecule has 0 amide bonds. The fraction of sp³-hybridized carbons (Fsp3) is 0.545. The number of fused-ring (bicyclic) bond motifs is 1. The second-order valence-corrected chi connectivity index (χ2v) is 7.79. The summed E-state index contributed by atoms with van der Waals surface area (Å²) in [4.78, 5) is 47.3. The van der Waals surface area contributed by atoms with Crippen molar-refractivity contribution >= 4 is 24.2 Å². The first-order valence-corrected chi connectivity index (χ1v) is 9.77. The van der Waals surface area contributed by atoms with Crippen LogP contribution in [-0.4, -0.2) is 43.0 Å². The van der Waals surface area contributed by atoms with Crippen molar-refractivity contribution in [1.29, 1.82) is 0 Å².